The number of anilines is 1. The van der Waals surface area contributed by atoms with E-state index in [0.29, 0.717) is 18.1 Å². The minimum absolute atomic E-state index is 0.0225. The highest BCUT2D eigenvalue weighted by molar-refractivity contribution is 5.90. The highest BCUT2D eigenvalue weighted by Gasteiger charge is 2.19. The summed E-state index contributed by atoms with van der Waals surface area (Å²) < 4.78 is 4.49. The largest absolute Gasteiger partial charge is 0.327 e. The third-order valence-corrected chi connectivity index (χ3v) is 2.63. The van der Waals surface area contributed by atoms with Gasteiger partial charge in [-0.3, -0.25) is 4.79 Å². The molecule has 0 atom stereocenters. The second-order valence-corrected chi connectivity index (χ2v) is 3.88. The zero-order valence-electron chi connectivity index (χ0n) is 8.75. The van der Waals surface area contributed by atoms with E-state index in [0.717, 1.165) is 13.1 Å². The number of amides is 1. The Kier molecular flexibility index (Phi) is 2.96. The maximum atomic E-state index is 11.6. The molecule has 0 saturated carbocycles. The summed E-state index contributed by atoms with van der Waals surface area (Å²) in [5.74, 6) is 0.407. The van der Waals surface area contributed by atoms with Gasteiger partial charge in [0, 0.05) is 12.8 Å². The molecule has 0 radical (unpaired) electrons. The van der Waals surface area contributed by atoms with E-state index >= 15 is 0 Å². The Labute approximate surface area is 87.6 Å². The molecule has 0 aromatic carbocycles. The van der Waals surface area contributed by atoms with E-state index in [1.807, 2.05) is 0 Å². The molecule has 2 rings (SSSR count). The fourth-order valence-electron chi connectivity index (χ4n) is 1.80. The molecule has 1 amide bonds. The van der Waals surface area contributed by atoms with Crippen molar-refractivity contribution in [3.8, 4) is 0 Å². The lowest BCUT2D eigenvalue weighted by Crippen LogP contribution is -3.11. The number of likely N-dealkylation sites (tertiary alicyclic amines) is 1. The van der Waals surface area contributed by atoms with Gasteiger partial charge in [-0.15, -0.1) is 0 Å². The molecule has 1 aliphatic heterocycles. The summed E-state index contributed by atoms with van der Waals surface area (Å²) in [6, 6.07) is 0. The summed E-state index contributed by atoms with van der Waals surface area (Å²) in [5.41, 5.74) is 0.611. The number of quaternary nitrogens is 1. The van der Waals surface area contributed by atoms with Gasteiger partial charge in [0.2, 0.25) is 5.82 Å². The van der Waals surface area contributed by atoms with Crippen molar-refractivity contribution >= 4 is 11.7 Å². The van der Waals surface area contributed by atoms with E-state index < -0.39 is 0 Å². The van der Waals surface area contributed by atoms with Crippen molar-refractivity contribution in [3.63, 3.8) is 0 Å². The Morgan fingerprint density at radius 1 is 1.47 bits per heavy atom. The number of aromatic nitrogens is 2. The van der Waals surface area contributed by atoms with Crippen LogP contribution in [0.4, 0.5) is 5.82 Å². The fourth-order valence-corrected chi connectivity index (χ4v) is 1.80. The molecular weight excluding hydrogens is 196 g/mol. The minimum Gasteiger partial charge on any atom is -0.327 e. The average Bonchev–Trinajstić information content (AvgIpc) is 2.79. The third-order valence-electron chi connectivity index (χ3n) is 2.63. The van der Waals surface area contributed by atoms with E-state index in [9.17, 15) is 4.79 Å². The number of aryl methyl sites for hydroxylation is 1. The zero-order chi connectivity index (χ0) is 10.7. The van der Waals surface area contributed by atoms with Crippen LogP contribution in [0.15, 0.2) is 4.63 Å². The molecule has 1 aromatic heterocycles. The molecule has 82 valence electrons. The Morgan fingerprint density at radius 3 is 2.80 bits per heavy atom. The lowest BCUT2D eigenvalue weighted by molar-refractivity contribution is -0.878. The first-order chi connectivity index (χ1) is 7.25. The molecule has 0 aliphatic carbocycles. The van der Waals surface area contributed by atoms with Crippen molar-refractivity contribution in [2.24, 2.45) is 0 Å². The molecule has 1 fully saturated rings. The first kappa shape index (κ1) is 10.1. The summed E-state index contributed by atoms with van der Waals surface area (Å²) >= 11 is 0. The van der Waals surface area contributed by atoms with Crippen LogP contribution in [-0.2, 0) is 4.79 Å². The lowest BCUT2D eigenvalue weighted by Gasteiger charge is -2.10. The molecule has 2 heterocycles. The van der Waals surface area contributed by atoms with Gasteiger partial charge in [-0.1, -0.05) is 5.16 Å². The van der Waals surface area contributed by atoms with Crippen LogP contribution in [0.25, 0.3) is 0 Å². The Morgan fingerprint density at radius 2 is 2.20 bits per heavy atom. The molecule has 1 aromatic rings. The molecule has 15 heavy (non-hydrogen) atoms. The van der Waals surface area contributed by atoms with Gasteiger partial charge in [0.1, 0.15) is 5.69 Å². The molecule has 6 heteroatoms. The van der Waals surface area contributed by atoms with Gasteiger partial charge < -0.3 is 10.2 Å². The van der Waals surface area contributed by atoms with Crippen LogP contribution in [0.5, 0.6) is 0 Å². The predicted molar refractivity (Wildman–Crippen MR) is 52.5 cm³/mol. The number of carbonyl (C=O) groups excluding carboxylic acids is 1. The number of nitrogens with zero attached hydrogens (tertiary/aromatic N) is 2. The number of nitrogens with one attached hydrogen (secondary N) is 2. The van der Waals surface area contributed by atoms with Crippen LogP contribution in [0.3, 0.4) is 0 Å². The van der Waals surface area contributed by atoms with Crippen molar-refractivity contribution in [1.29, 1.82) is 0 Å². The van der Waals surface area contributed by atoms with Gasteiger partial charge in [0.15, 0.2) is 6.54 Å². The third kappa shape index (κ3) is 2.53. The SMILES string of the molecule is Cc1nonc1NC(=O)C[NH+]1CCCC1. The van der Waals surface area contributed by atoms with Crippen molar-refractivity contribution in [2.45, 2.75) is 19.8 Å². The van der Waals surface area contributed by atoms with E-state index in [4.69, 9.17) is 0 Å². The maximum absolute atomic E-state index is 11.6. The second-order valence-electron chi connectivity index (χ2n) is 3.88. The Bertz CT molecular complexity index is 344. The number of rotatable bonds is 3. The molecule has 0 bridgehead atoms. The van der Waals surface area contributed by atoms with E-state index in [1.165, 1.54) is 17.7 Å². The summed E-state index contributed by atoms with van der Waals surface area (Å²) in [7, 11) is 0. The van der Waals surface area contributed by atoms with Crippen LogP contribution < -0.4 is 10.2 Å². The highest BCUT2D eigenvalue weighted by Crippen LogP contribution is 2.05. The van der Waals surface area contributed by atoms with Gasteiger partial charge in [0.25, 0.3) is 5.91 Å². The van der Waals surface area contributed by atoms with Crippen LogP contribution in [0.2, 0.25) is 0 Å². The van der Waals surface area contributed by atoms with E-state index in [1.54, 1.807) is 6.92 Å². The maximum Gasteiger partial charge on any atom is 0.280 e. The Hall–Kier alpha value is -1.43. The highest BCUT2D eigenvalue weighted by atomic mass is 16.6. The lowest BCUT2D eigenvalue weighted by atomic mass is 10.4. The minimum atomic E-state index is -0.0225. The predicted octanol–water partition coefficient (Wildman–Crippen LogP) is -1.00. The smallest absolute Gasteiger partial charge is 0.280 e. The van der Waals surface area contributed by atoms with Gasteiger partial charge >= 0.3 is 0 Å². The topological polar surface area (TPSA) is 72.5 Å². The molecule has 6 nitrogen and oxygen atoms in total. The molecule has 1 saturated heterocycles. The summed E-state index contributed by atoms with van der Waals surface area (Å²) in [5, 5.41) is 9.89. The van der Waals surface area contributed by atoms with Crippen LogP contribution in [-0.4, -0.2) is 35.9 Å². The first-order valence-corrected chi connectivity index (χ1v) is 5.18. The van der Waals surface area contributed by atoms with Gasteiger partial charge in [-0.2, -0.15) is 0 Å². The van der Waals surface area contributed by atoms with Crippen molar-refractivity contribution in [1.82, 2.24) is 10.3 Å². The van der Waals surface area contributed by atoms with Crippen LogP contribution in [0.1, 0.15) is 18.5 Å². The second kappa shape index (κ2) is 4.39. The first-order valence-electron chi connectivity index (χ1n) is 5.18. The van der Waals surface area contributed by atoms with Crippen molar-refractivity contribution in [2.75, 3.05) is 25.0 Å². The number of hydrogen-bond acceptors (Lipinski definition) is 4. The number of hydrogen-bond donors (Lipinski definition) is 2. The van der Waals surface area contributed by atoms with Gasteiger partial charge in [-0.05, 0) is 12.1 Å². The standard InChI is InChI=1S/C9H14N4O2/c1-7-9(12-15-11-7)10-8(14)6-13-4-2-3-5-13/h2-6H2,1H3,(H,10,12,14)/p+1. The average molecular weight is 211 g/mol. The molecular formula is C9H15N4O2+. The van der Waals surface area contributed by atoms with Crippen molar-refractivity contribution in [3.05, 3.63) is 5.69 Å². The Balaban J connectivity index is 1.84. The number of carbonyl (C=O) groups is 1. The fraction of sp³-hybridized carbons (Fsp3) is 0.667. The monoisotopic (exact) mass is 211 g/mol. The summed E-state index contributed by atoms with van der Waals surface area (Å²) in [4.78, 5) is 12.9. The summed E-state index contributed by atoms with van der Waals surface area (Å²) in [6.07, 6.45) is 2.43. The van der Waals surface area contributed by atoms with E-state index in [2.05, 4.69) is 20.3 Å². The van der Waals surface area contributed by atoms with Gasteiger partial charge in [-0.25, -0.2) is 4.63 Å². The molecule has 0 unspecified atom stereocenters. The summed E-state index contributed by atoms with van der Waals surface area (Å²) in [6.45, 7) is 4.42. The molecule has 0 spiro atoms. The molecule has 1 aliphatic rings. The zero-order valence-corrected chi connectivity index (χ0v) is 8.75. The van der Waals surface area contributed by atoms with Gasteiger partial charge in [0.05, 0.1) is 13.1 Å². The molecule has 2 N–H and O–H groups in total. The normalized spacial score (nSPS) is 16.9. The van der Waals surface area contributed by atoms with Crippen LogP contribution >= 0.6 is 0 Å². The quantitative estimate of drug-likeness (QED) is 0.672. The van der Waals surface area contributed by atoms with Crippen LogP contribution in [0, 0.1) is 6.92 Å². The van der Waals surface area contributed by atoms with E-state index in [-0.39, 0.29) is 5.91 Å². The van der Waals surface area contributed by atoms with Crippen molar-refractivity contribution < 1.29 is 14.3 Å².